The van der Waals surface area contributed by atoms with E-state index in [9.17, 15) is 24.3 Å². The fourth-order valence-electron chi connectivity index (χ4n) is 3.36. The van der Waals surface area contributed by atoms with Crippen molar-refractivity contribution in [3.05, 3.63) is 54.1 Å². The molecule has 0 aromatic heterocycles. The highest BCUT2D eigenvalue weighted by atomic mass is 16.7. The van der Waals surface area contributed by atoms with E-state index in [0.29, 0.717) is 11.3 Å². The number of aliphatic carboxylic acids is 1. The lowest BCUT2D eigenvalue weighted by atomic mass is 9.79. The summed E-state index contributed by atoms with van der Waals surface area (Å²) in [6.45, 7) is 5.60. The van der Waals surface area contributed by atoms with Gasteiger partial charge in [-0.05, 0) is 36.8 Å². The first-order valence-electron chi connectivity index (χ1n) is 10.4. The third-order valence-corrected chi connectivity index (χ3v) is 5.07. The predicted octanol–water partition coefficient (Wildman–Crippen LogP) is 3.27. The van der Waals surface area contributed by atoms with Crippen molar-refractivity contribution in [3.8, 4) is 17.2 Å². The van der Waals surface area contributed by atoms with Gasteiger partial charge >= 0.3 is 24.1 Å². The van der Waals surface area contributed by atoms with E-state index >= 15 is 0 Å². The topological polar surface area (TPSA) is 151 Å². The van der Waals surface area contributed by atoms with Crippen LogP contribution in [0.1, 0.15) is 39.2 Å². The van der Waals surface area contributed by atoms with Crippen molar-refractivity contribution < 1.29 is 43.2 Å². The summed E-state index contributed by atoms with van der Waals surface area (Å²) in [4.78, 5) is 46.9. The number of carbonyl (C=O) groups excluding carboxylic acids is 3. The second-order valence-electron chi connectivity index (χ2n) is 7.63. The number of carbonyl (C=O) groups is 4. The fourth-order valence-corrected chi connectivity index (χ4v) is 3.36. The van der Waals surface area contributed by atoms with Crippen LogP contribution in [-0.4, -0.2) is 41.3 Å². The Morgan fingerprint density at radius 3 is 2.00 bits per heavy atom. The zero-order valence-electron chi connectivity index (χ0n) is 19.2. The lowest BCUT2D eigenvalue weighted by Gasteiger charge is -2.31. The summed E-state index contributed by atoms with van der Waals surface area (Å²) < 4.78 is 20.7. The molecule has 2 rings (SSSR count). The highest BCUT2D eigenvalue weighted by Gasteiger charge is 2.36. The summed E-state index contributed by atoms with van der Waals surface area (Å²) in [5.41, 5.74) is 6.37. The summed E-state index contributed by atoms with van der Waals surface area (Å²) in [5.74, 6) is -3.88. The maximum absolute atomic E-state index is 12.2. The first-order chi connectivity index (χ1) is 16.0. The van der Waals surface area contributed by atoms with Crippen LogP contribution in [0, 0.1) is 5.92 Å². The van der Waals surface area contributed by atoms with Crippen molar-refractivity contribution in [1.29, 1.82) is 0 Å². The Labute approximate surface area is 196 Å². The molecule has 4 atom stereocenters. The second-order valence-corrected chi connectivity index (χ2v) is 7.63. The predicted molar refractivity (Wildman–Crippen MR) is 120 cm³/mol. The first kappa shape index (κ1) is 26.3. The number of rotatable bonds is 9. The van der Waals surface area contributed by atoms with Gasteiger partial charge in [-0.3, -0.25) is 14.4 Å². The molecule has 2 aromatic carbocycles. The molecule has 0 amide bonds. The Bertz CT molecular complexity index is 1040. The molecule has 0 radical (unpaired) electrons. The summed E-state index contributed by atoms with van der Waals surface area (Å²) in [5, 5.41) is 9.60. The molecule has 0 saturated carbocycles. The number of ether oxygens (including phenoxy) is 4. The van der Waals surface area contributed by atoms with Crippen molar-refractivity contribution in [2.75, 3.05) is 0 Å². The highest BCUT2D eigenvalue weighted by Crippen LogP contribution is 2.37. The minimum absolute atomic E-state index is 0.0162. The van der Waals surface area contributed by atoms with Gasteiger partial charge in [0.2, 0.25) is 0 Å². The molecule has 3 unspecified atom stereocenters. The van der Waals surface area contributed by atoms with Crippen LogP contribution in [0.3, 0.4) is 0 Å². The van der Waals surface area contributed by atoms with Gasteiger partial charge in [-0.1, -0.05) is 31.2 Å². The number of nitrogens with two attached hydrogens (primary N) is 1. The number of carboxylic acids is 1. The van der Waals surface area contributed by atoms with Gasteiger partial charge in [-0.25, -0.2) is 4.79 Å². The normalized spacial score (nSPS) is 14.1. The maximum Gasteiger partial charge on any atom is 0.514 e. The molecule has 0 saturated heterocycles. The molecule has 0 fully saturated rings. The smallest absolute Gasteiger partial charge is 0.480 e. The third kappa shape index (κ3) is 7.31. The fraction of sp³-hybridized carbons (Fsp3) is 0.333. The van der Waals surface area contributed by atoms with Gasteiger partial charge in [0, 0.05) is 25.7 Å². The molecule has 0 aliphatic rings. The average molecular weight is 473 g/mol. The van der Waals surface area contributed by atoms with Crippen molar-refractivity contribution in [2.24, 2.45) is 11.7 Å². The summed E-state index contributed by atoms with van der Waals surface area (Å²) in [6, 6.07) is 11.2. The lowest BCUT2D eigenvalue weighted by Crippen LogP contribution is -2.43. The Morgan fingerprint density at radius 2 is 1.44 bits per heavy atom. The monoisotopic (exact) mass is 473 g/mol. The van der Waals surface area contributed by atoms with E-state index in [0.717, 1.165) is 0 Å². The molecule has 34 heavy (non-hydrogen) atoms. The lowest BCUT2D eigenvalue weighted by molar-refractivity contribution is -0.139. The number of esters is 2. The molecular weight excluding hydrogens is 446 g/mol. The van der Waals surface area contributed by atoms with E-state index in [2.05, 4.69) is 0 Å². The van der Waals surface area contributed by atoms with Crippen molar-refractivity contribution in [3.63, 3.8) is 0 Å². The van der Waals surface area contributed by atoms with Crippen LogP contribution in [0.2, 0.25) is 0 Å². The molecule has 10 heteroatoms. The van der Waals surface area contributed by atoms with E-state index in [1.807, 2.05) is 0 Å². The number of carboxylic acid groups (broad SMARTS) is 1. The Kier molecular flexibility index (Phi) is 9.14. The quantitative estimate of drug-likeness (QED) is 0.315. The van der Waals surface area contributed by atoms with Crippen molar-refractivity contribution >= 4 is 24.1 Å². The molecule has 10 nitrogen and oxygen atoms in total. The van der Waals surface area contributed by atoms with Gasteiger partial charge in [0.25, 0.3) is 0 Å². The van der Waals surface area contributed by atoms with Crippen LogP contribution in [0.5, 0.6) is 17.2 Å². The van der Waals surface area contributed by atoms with Gasteiger partial charge in [-0.2, -0.15) is 0 Å². The highest BCUT2D eigenvalue weighted by molar-refractivity contribution is 5.76. The van der Waals surface area contributed by atoms with E-state index < -0.39 is 48.0 Å². The number of para-hydroxylation sites is 1. The van der Waals surface area contributed by atoms with Crippen LogP contribution in [0.25, 0.3) is 0 Å². The Hall–Kier alpha value is -3.92. The minimum Gasteiger partial charge on any atom is -0.480 e. The molecule has 182 valence electrons. The average Bonchev–Trinajstić information content (AvgIpc) is 2.75. The largest absolute Gasteiger partial charge is 0.514 e. The molecule has 0 spiro atoms. The van der Waals surface area contributed by atoms with Crippen LogP contribution in [-0.2, 0) is 19.1 Å². The first-order valence-corrected chi connectivity index (χ1v) is 10.4. The van der Waals surface area contributed by atoms with E-state index in [4.69, 9.17) is 24.7 Å². The maximum atomic E-state index is 12.2. The van der Waals surface area contributed by atoms with E-state index in [-0.39, 0.29) is 11.5 Å². The van der Waals surface area contributed by atoms with Gasteiger partial charge in [0.1, 0.15) is 17.9 Å². The number of benzene rings is 2. The number of hydrogen-bond acceptors (Lipinski definition) is 9. The van der Waals surface area contributed by atoms with Gasteiger partial charge in [-0.15, -0.1) is 0 Å². The molecule has 0 aliphatic carbocycles. The van der Waals surface area contributed by atoms with E-state index in [1.165, 1.54) is 32.0 Å². The summed E-state index contributed by atoms with van der Waals surface area (Å²) >= 11 is 0. The van der Waals surface area contributed by atoms with E-state index in [1.54, 1.807) is 44.2 Å². The SMILES string of the molecule is CC(=O)Oc1ccc(C(C(C)C(C)OC(=O)Oc2ccccc2)[C@H](N)C(=O)O)cc1OC(C)=O. The Morgan fingerprint density at radius 1 is 0.853 bits per heavy atom. The molecule has 0 aliphatic heterocycles. The standard InChI is InChI=1S/C24H27NO9/c1-13(14(2)31-24(30)34-18-8-6-5-7-9-18)21(22(25)23(28)29)17-10-11-19(32-15(3)26)20(12-17)33-16(4)27/h5-14,21-22H,25H2,1-4H3,(H,28,29)/t13?,14?,21?,22-/m0/s1. The number of hydrogen-bond donors (Lipinski definition) is 2. The second kappa shape index (κ2) is 11.8. The minimum atomic E-state index is -1.39. The van der Waals surface area contributed by atoms with Crippen LogP contribution >= 0.6 is 0 Å². The molecule has 3 N–H and O–H groups in total. The molecule has 2 aromatic rings. The zero-order chi connectivity index (χ0) is 25.4. The third-order valence-electron chi connectivity index (χ3n) is 5.07. The molecule has 0 heterocycles. The van der Waals surface area contributed by atoms with Gasteiger partial charge < -0.3 is 29.8 Å². The van der Waals surface area contributed by atoms with Crippen LogP contribution < -0.4 is 19.9 Å². The summed E-state index contributed by atoms with van der Waals surface area (Å²) in [6.07, 6.45) is -1.77. The molecular formula is C24H27NO9. The van der Waals surface area contributed by atoms with Crippen LogP contribution in [0.4, 0.5) is 4.79 Å². The van der Waals surface area contributed by atoms with Gasteiger partial charge in [0.15, 0.2) is 11.5 Å². The molecule has 0 bridgehead atoms. The van der Waals surface area contributed by atoms with Crippen LogP contribution in [0.15, 0.2) is 48.5 Å². The van der Waals surface area contributed by atoms with Crippen molar-refractivity contribution in [2.45, 2.75) is 45.8 Å². The Balaban J connectivity index is 2.33. The summed E-state index contributed by atoms with van der Waals surface area (Å²) in [7, 11) is 0. The zero-order valence-corrected chi connectivity index (χ0v) is 19.2. The van der Waals surface area contributed by atoms with Gasteiger partial charge in [0.05, 0.1) is 0 Å². The van der Waals surface area contributed by atoms with Crippen molar-refractivity contribution in [1.82, 2.24) is 0 Å².